The van der Waals surface area contributed by atoms with Crippen molar-refractivity contribution in [3.05, 3.63) is 52.5 Å². The fourth-order valence-corrected chi connectivity index (χ4v) is 3.94. The van der Waals surface area contributed by atoms with Crippen LogP contribution in [0.5, 0.6) is 0 Å². The van der Waals surface area contributed by atoms with Crippen molar-refractivity contribution in [2.75, 3.05) is 19.7 Å². The van der Waals surface area contributed by atoms with Crippen LogP contribution in [0.2, 0.25) is 0 Å². The van der Waals surface area contributed by atoms with Crippen LogP contribution >= 0.6 is 15.9 Å². The Hall–Kier alpha value is -2.67. The number of rotatable bonds is 6. The van der Waals surface area contributed by atoms with Crippen molar-refractivity contribution >= 4 is 38.8 Å². The number of hydrogen-bond donors (Lipinski definition) is 0. The zero-order chi connectivity index (χ0) is 20.4. The van der Waals surface area contributed by atoms with Crippen molar-refractivity contribution in [3.8, 4) is 11.4 Å². The molecule has 1 aromatic heterocycles. The van der Waals surface area contributed by atoms with Crippen LogP contribution in [-0.4, -0.2) is 46.0 Å². The summed E-state index contributed by atoms with van der Waals surface area (Å²) in [5.41, 5.74) is 3.14. The Morgan fingerprint density at radius 1 is 1.17 bits per heavy atom. The number of nitrogens with zero attached hydrogens (tertiary/aromatic N) is 3. The lowest BCUT2D eigenvalue weighted by Gasteiger charge is -2.17. The number of carbonyl (C=O) groups excluding carboxylic acids is 2. The number of aromatic nitrogens is 2. The Kier molecular flexibility index (Phi) is 5.67. The molecule has 1 saturated heterocycles. The van der Waals surface area contributed by atoms with Gasteiger partial charge >= 0.3 is 5.97 Å². The molecule has 0 aliphatic carbocycles. The highest BCUT2D eigenvalue weighted by molar-refractivity contribution is 9.10. The first kappa shape index (κ1) is 19.6. The maximum atomic E-state index is 12.1. The van der Waals surface area contributed by atoms with Crippen LogP contribution in [0.1, 0.15) is 30.1 Å². The lowest BCUT2D eigenvalue weighted by molar-refractivity contribution is -0.127. The highest BCUT2D eigenvalue weighted by Gasteiger charge is 2.21. The van der Waals surface area contributed by atoms with E-state index in [1.807, 2.05) is 35.2 Å². The minimum atomic E-state index is -0.350. The first-order valence-corrected chi connectivity index (χ1v) is 10.6. The quantitative estimate of drug-likeness (QED) is 0.520. The summed E-state index contributed by atoms with van der Waals surface area (Å²) in [6.45, 7) is 4.22. The summed E-state index contributed by atoms with van der Waals surface area (Å²) < 4.78 is 8.24. The fraction of sp³-hybridized carbons (Fsp3) is 0.318. The minimum Gasteiger partial charge on any atom is -0.462 e. The Morgan fingerprint density at radius 2 is 1.97 bits per heavy atom. The number of benzene rings is 2. The molecule has 2 heterocycles. The van der Waals surface area contributed by atoms with Gasteiger partial charge in [-0.3, -0.25) is 4.79 Å². The number of carbonyl (C=O) groups is 2. The molecule has 1 aliphatic heterocycles. The third-order valence-electron chi connectivity index (χ3n) is 5.13. The van der Waals surface area contributed by atoms with E-state index in [2.05, 4.69) is 20.5 Å². The van der Waals surface area contributed by atoms with E-state index in [1.165, 1.54) is 0 Å². The molecule has 29 heavy (non-hydrogen) atoms. The lowest BCUT2D eigenvalue weighted by Crippen LogP contribution is -2.28. The molecule has 0 saturated carbocycles. The number of imidazole rings is 1. The molecule has 4 rings (SSSR count). The van der Waals surface area contributed by atoms with Gasteiger partial charge in [-0.25, -0.2) is 9.78 Å². The highest BCUT2D eigenvalue weighted by Crippen LogP contribution is 2.27. The molecule has 0 unspecified atom stereocenters. The summed E-state index contributed by atoms with van der Waals surface area (Å²) in [6.07, 6.45) is 1.55. The Bertz CT molecular complexity index is 1060. The summed E-state index contributed by atoms with van der Waals surface area (Å²) in [6, 6.07) is 13.4. The van der Waals surface area contributed by atoms with Gasteiger partial charge in [0, 0.05) is 36.1 Å². The minimum absolute atomic E-state index is 0.212. The first-order valence-electron chi connectivity index (χ1n) is 9.78. The van der Waals surface area contributed by atoms with Gasteiger partial charge in [0.05, 0.1) is 23.2 Å². The zero-order valence-electron chi connectivity index (χ0n) is 16.2. The molecule has 0 atom stereocenters. The molecule has 0 radical (unpaired) electrons. The molecule has 150 valence electrons. The first-order chi connectivity index (χ1) is 14.1. The van der Waals surface area contributed by atoms with Crippen LogP contribution in [0.3, 0.4) is 0 Å². The van der Waals surface area contributed by atoms with Crippen molar-refractivity contribution in [1.82, 2.24) is 14.5 Å². The van der Waals surface area contributed by atoms with Crippen LogP contribution in [0, 0.1) is 0 Å². The molecule has 1 fully saturated rings. The van der Waals surface area contributed by atoms with E-state index in [9.17, 15) is 9.59 Å². The summed E-state index contributed by atoms with van der Waals surface area (Å²) >= 11 is 3.47. The second-order valence-electron chi connectivity index (χ2n) is 7.00. The molecule has 6 nitrogen and oxygen atoms in total. The third-order valence-corrected chi connectivity index (χ3v) is 5.66. The monoisotopic (exact) mass is 455 g/mol. The fourth-order valence-electron chi connectivity index (χ4n) is 3.68. The van der Waals surface area contributed by atoms with Gasteiger partial charge in [-0.1, -0.05) is 28.1 Å². The molecular weight excluding hydrogens is 434 g/mol. The van der Waals surface area contributed by atoms with E-state index >= 15 is 0 Å². The average Bonchev–Trinajstić information content (AvgIpc) is 3.29. The van der Waals surface area contributed by atoms with Crippen molar-refractivity contribution in [1.29, 1.82) is 0 Å². The Balaban J connectivity index is 1.74. The van der Waals surface area contributed by atoms with Gasteiger partial charge in [0.1, 0.15) is 5.82 Å². The second-order valence-corrected chi connectivity index (χ2v) is 7.92. The van der Waals surface area contributed by atoms with Crippen LogP contribution in [0.25, 0.3) is 22.4 Å². The summed E-state index contributed by atoms with van der Waals surface area (Å²) in [5, 5.41) is 0. The van der Waals surface area contributed by atoms with E-state index in [0.717, 1.165) is 39.9 Å². The van der Waals surface area contributed by atoms with Gasteiger partial charge in [0.15, 0.2) is 0 Å². The summed E-state index contributed by atoms with van der Waals surface area (Å²) in [7, 11) is 0. The largest absolute Gasteiger partial charge is 0.462 e. The van der Waals surface area contributed by atoms with Crippen molar-refractivity contribution < 1.29 is 14.3 Å². The number of amides is 1. The van der Waals surface area contributed by atoms with Gasteiger partial charge in [-0.2, -0.15) is 0 Å². The molecular formula is C22H22BrN3O3. The van der Waals surface area contributed by atoms with E-state index in [1.54, 1.807) is 19.1 Å². The number of hydrogen-bond acceptors (Lipinski definition) is 4. The standard InChI is InChI=1S/C22H22BrN3O3/c1-2-29-22(28)16-7-10-19-18(14-16)24-21(15-5-8-17(23)9-6-15)26(19)13-12-25-11-3-4-20(25)27/h5-10,14H,2-4,11-13H2,1H3. The lowest BCUT2D eigenvalue weighted by atomic mass is 10.2. The summed E-state index contributed by atoms with van der Waals surface area (Å²) in [5.74, 6) is 0.682. The molecule has 0 bridgehead atoms. The van der Waals surface area contributed by atoms with Crippen molar-refractivity contribution in [2.45, 2.75) is 26.3 Å². The maximum Gasteiger partial charge on any atom is 0.338 e. The van der Waals surface area contributed by atoms with E-state index in [0.29, 0.717) is 31.7 Å². The number of fused-ring (bicyclic) bond motifs is 1. The zero-order valence-corrected chi connectivity index (χ0v) is 17.8. The van der Waals surface area contributed by atoms with Gasteiger partial charge in [-0.05, 0) is 43.7 Å². The molecule has 2 aromatic carbocycles. The Labute approximate surface area is 177 Å². The van der Waals surface area contributed by atoms with Crippen LogP contribution in [0.15, 0.2) is 46.9 Å². The number of likely N-dealkylation sites (tertiary alicyclic amines) is 1. The van der Waals surface area contributed by atoms with E-state index < -0.39 is 0 Å². The maximum absolute atomic E-state index is 12.1. The van der Waals surface area contributed by atoms with Crippen molar-refractivity contribution in [2.24, 2.45) is 0 Å². The highest BCUT2D eigenvalue weighted by atomic mass is 79.9. The third kappa shape index (κ3) is 4.05. The van der Waals surface area contributed by atoms with Gasteiger partial charge in [0.2, 0.25) is 5.91 Å². The molecule has 1 aliphatic rings. The number of halogens is 1. The van der Waals surface area contributed by atoms with Crippen molar-refractivity contribution in [3.63, 3.8) is 0 Å². The topological polar surface area (TPSA) is 64.4 Å². The predicted molar refractivity (Wildman–Crippen MR) is 115 cm³/mol. The molecule has 0 spiro atoms. The Morgan fingerprint density at radius 3 is 2.66 bits per heavy atom. The molecule has 1 amide bonds. The molecule has 3 aromatic rings. The SMILES string of the molecule is CCOC(=O)c1ccc2c(c1)nc(-c1ccc(Br)cc1)n2CCN1CCCC1=O. The predicted octanol–water partition coefficient (Wildman–Crippen LogP) is 4.26. The van der Waals surface area contributed by atoms with Gasteiger partial charge in [-0.15, -0.1) is 0 Å². The van der Waals surface area contributed by atoms with E-state index in [4.69, 9.17) is 9.72 Å². The van der Waals surface area contributed by atoms with Crippen LogP contribution in [-0.2, 0) is 16.1 Å². The molecule has 0 N–H and O–H groups in total. The van der Waals surface area contributed by atoms with Crippen LogP contribution < -0.4 is 0 Å². The van der Waals surface area contributed by atoms with E-state index in [-0.39, 0.29) is 11.9 Å². The number of esters is 1. The molecule has 7 heteroatoms. The van der Waals surface area contributed by atoms with Gasteiger partial charge < -0.3 is 14.2 Å². The summed E-state index contributed by atoms with van der Waals surface area (Å²) in [4.78, 5) is 30.9. The smallest absolute Gasteiger partial charge is 0.338 e. The average molecular weight is 456 g/mol. The van der Waals surface area contributed by atoms with Crippen LogP contribution in [0.4, 0.5) is 0 Å². The normalized spacial score (nSPS) is 14.0. The number of ether oxygens (including phenoxy) is 1. The second kappa shape index (κ2) is 8.37. The van der Waals surface area contributed by atoms with Gasteiger partial charge in [0.25, 0.3) is 0 Å².